The average Bonchev–Trinajstić information content (AvgIpc) is 1.98. The third-order valence-corrected chi connectivity index (χ3v) is 1.83. The van der Waals surface area contributed by atoms with Gasteiger partial charge in [-0.15, -0.1) is 6.58 Å². The van der Waals surface area contributed by atoms with E-state index in [1.54, 1.807) is 13.8 Å². The highest BCUT2D eigenvalue weighted by Crippen LogP contribution is 2.16. The zero-order chi connectivity index (χ0) is 9.72. The molecule has 0 aromatic rings. The molecule has 0 spiro atoms. The van der Waals surface area contributed by atoms with E-state index in [1.807, 2.05) is 0 Å². The standard InChI is InChI=1S/C9H16O3/c1-4-5-7(9(11)12)8(10)6(2)3/h4,6-8,10H,1,5H2,2-3H3,(H,11,12)/t7-,8+/m1/s1. The quantitative estimate of drug-likeness (QED) is 0.614. The molecule has 0 aliphatic carbocycles. The van der Waals surface area contributed by atoms with Gasteiger partial charge < -0.3 is 10.2 Å². The van der Waals surface area contributed by atoms with E-state index >= 15 is 0 Å². The fourth-order valence-corrected chi connectivity index (χ4v) is 1.03. The number of aliphatic hydroxyl groups excluding tert-OH is 1. The second-order valence-electron chi connectivity index (χ2n) is 3.20. The number of allylic oxidation sites excluding steroid dienone is 1. The van der Waals surface area contributed by atoms with Crippen molar-refractivity contribution in [3.8, 4) is 0 Å². The van der Waals surface area contributed by atoms with Crippen LogP contribution in [0.15, 0.2) is 12.7 Å². The molecule has 0 bridgehead atoms. The number of carboxylic acid groups (broad SMARTS) is 1. The highest BCUT2D eigenvalue weighted by molar-refractivity contribution is 5.70. The molecule has 0 aliphatic rings. The summed E-state index contributed by atoms with van der Waals surface area (Å²) in [5, 5.41) is 18.2. The number of aliphatic hydroxyl groups is 1. The molecular formula is C9H16O3. The highest BCUT2D eigenvalue weighted by atomic mass is 16.4. The molecule has 2 atom stereocenters. The van der Waals surface area contributed by atoms with Crippen molar-refractivity contribution in [3.05, 3.63) is 12.7 Å². The predicted molar refractivity (Wildman–Crippen MR) is 46.8 cm³/mol. The predicted octanol–water partition coefficient (Wildman–Crippen LogP) is 1.28. The largest absolute Gasteiger partial charge is 0.481 e. The molecule has 2 N–H and O–H groups in total. The van der Waals surface area contributed by atoms with Crippen molar-refractivity contribution in [2.75, 3.05) is 0 Å². The number of carboxylic acids is 1. The first-order valence-electron chi connectivity index (χ1n) is 4.02. The van der Waals surface area contributed by atoms with Crippen molar-refractivity contribution in [3.63, 3.8) is 0 Å². The Morgan fingerprint density at radius 1 is 1.58 bits per heavy atom. The van der Waals surface area contributed by atoms with Crippen LogP contribution in [0.1, 0.15) is 20.3 Å². The zero-order valence-corrected chi connectivity index (χ0v) is 7.53. The molecule has 0 aromatic carbocycles. The Bertz CT molecular complexity index is 163. The van der Waals surface area contributed by atoms with Gasteiger partial charge in [0.2, 0.25) is 0 Å². The van der Waals surface area contributed by atoms with Gasteiger partial charge in [0.25, 0.3) is 0 Å². The van der Waals surface area contributed by atoms with Gasteiger partial charge in [0.05, 0.1) is 12.0 Å². The topological polar surface area (TPSA) is 57.5 Å². The van der Waals surface area contributed by atoms with E-state index in [4.69, 9.17) is 5.11 Å². The summed E-state index contributed by atoms with van der Waals surface area (Å²) in [4.78, 5) is 10.6. The van der Waals surface area contributed by atoms with E-state index in [-0.39, 0.29) is 5.92 Å². The zero-order valence-electron chi connectivity index (χ0n) is 7.53. The summed E-state index contributed by atoms with van der Waals surface area (Å²) in [7, 11) is 0. The normalized spacial score (nSPS) is 15.7. The summed E-state index contributed by atoms with van der Waals surface area (Å²) >= 11 is 0. The first kappa shape index (κ1) is 11.2. The lowest BCUT2D eigenvalue weighted by Crippen LogP contribution is -2.31. The maximum absolute atomic E-state index is 10.6. The average molecular weight is 172 g/mol. The summed E-state index contributed by atoms with van der Waals surface area (Å²) in [6, 6.07) is 0. The monoisotopic (exact) mass is 172 g/mol. The first-order chi connectivity index (χ1) is 5.50. The van der Waals surface area contributed by atoms with Gasteiger partial charge in [-0.2, -0.15) is 0 Å². The summed E-state index contributed by atoms with van der Waals surface area (Å²) in [5.41, 5.74) is 0. The SMILES string of the molecule is C=CC[C@@H](C(=O)O)[C@@H](O)C(C)C. The Morgan fingerprint density at radius 3 is 2.33 bits per heavy atom. The van der Waals surface area contributed by atoms with Crippen LogP contribution in [0.5, 0.6) is 0 Å². The third kappa shape index (κ3) is 3.05. The van der Waals surface area contributed by atoms with Crippen LogP contribution in [-0.4, -0.2) is 22.3 Å². The fourth-order valence-electron chi connectivity index (χ4n) is 1.03. The van der Waals surface area contributed by atoms with Gasteiger partial charge in [0, 0.05) is 0 Å². The van der Waals surface area contributed by atoms with E-state index in [1.165, 1.54) is 6.08 Å². The van der Waals surface area contributed by atoms with Crippen molar-refractivity contribution in [2.24, 2.45) is 11.8 Å². The molecule has 0 saturated heterocycles. The summed E-state index contributed by atoms with van der Waals surface area (Å²) in [6.45, 7) is 7.04. The Balaban J connectivity index is 4.28. The van der Waals surface area contributed by atoms with Crippen molar-refractivity contribution in [1.29, 1.82) is 0 Å². The van der Waals surface area contributed by atoms with Crippen LogP contribution in [0.4, 0.5) is 0 Å². The molecule has 0 heterocycles. The van der Waals surface area contributed by atoms with Crippen LogP contribution in [-0.2, 0) is 4.79 Å². The Morgan fingerprint density at radius 2 is 2.08 bits per heavy atom. The number of hydrogen-bond donors (Lipinski definition) is 2. The van der Waals surface area contributed by atoms with Gasteiger partial charge in [-0.1, -0.05) is 19.9 Å². The minimum absolute atomic E-state index is 0.0361. The second kappa shape index (κ2) is 4.93. The van der Waals surface area contributed by atoms with E-state index in [9.17, 15) is 9.90 Å². The Labute approximate surface area is 72.7 Å². The minimum Gasteiger partial charge on any atom is -0.481 e. The molecule has 3 nitrogen and oxygen atoms in total. The number of carbonyl (C=O) groups is 1. The van der Waals surface area contributed by atoms with E-state index in [2.05, 4.69) is 6.58 Å². The lowest BCUT2D eigenvalue weighted by atomic mass is 9.91. The molecule has 3 heteroatoms. The molecule has 0 aliphatic heterocycles. The lowest BCUT2D eigenvalue weighted by Gasteiger charge is -2.20. The van der Waals surface area contributed by atoms with Crippen molar-refractivity contribution in [1.82, 2.24) is 0 Å². The minimum atomic E-state index is -0.962. The van der Waals surface area contributed by atoms with Gasteiger partial charge in [-0.05, 0) is 12.3 Å². The first-order valence-corrected chi connectivity index (χ1v) is 4.02. The van der Waals surface area contributed by atoms with E-state index < -0.39 is 18.0 Å². The van der Waals surface area contributed by atoms with Crippen LogP contribution >= 0.6 is 0 Å². The third-order valence-electron chi connectivity index (χ3n) is 1.83. The van der Waals surface area contributed by atoms with Crippen molar-refractivity contribution >= 4 is 5.97 Å². The van der Waals surface area contributed by atoms with Gasteiger partial charge in [-0.25, -0.2) is 0 Å². The Hall–Kier alpha value is -0.830. The van der Waals surface area contributed by atoms with Crippen LogP contribution in [0, 0.1) is 11.8 Å². The smallest absolute Gasteiger partial charge is 0.309 e. The summed E-state index contributed by atoms with van der Waals surface area (Å²) < 4.78 is 0. The molecule has 12 heavy (non-hydrogen) atoms. The molecule has 0 amide bonds. The molecular weight excluding hydrogens is 156 g/mol. The fraction of sp³-hybridized carbons (Fsp3) is 0.667. The highest BCUT2D eigenvalue weighted by Gasteiger charge is 2.27. The van der Waals surface area contributed by atoms with Gasteiger partial charge in [0.15, 0.2) is 0 Å². The summed E-state index contributed by atoms with van der Waals surface area (Å²) in [5.74, 6) is -1.72. The van der Waals surface area contributed by atoms with Crippen LogP contribution < -0.4 is 0 Å². The molecule has 0 aromatic heterocycles. The van der Waals surface area contributed by atoms with Crippen molar-refractivity contribution < 1.29 is 15.0 Å². The molecule has 70 valence electrons. The van der Waals surface area contributed by atoms with E-state index in [0.29, 0.717) is 6.42 Å². The maximum Gasteiger partial charge on any atom is 0.309 e. The van der Waals surface area contributed by atoms with Gasteiger partial charge in [-0.3, -0.25) is 4.79 Å². The van der Waals surface area contributed by atoms with Crippen molar-refractivity contribution in [2.45, 2.75) is 26.4 Å². The van der Waals surface area contributed by atoms with E-state index in [0.717, 1.165) is 0 Å². The number of rotatable bonds is 5. The van der Waals surface area contributed by atoms with Crippen LogP contribution in [0.2, 0.25) is 0 Å². The number of hydrogen-bond acceptors (Lipinski definition) is 2. The molecule has 0 rings (SSSR count). The maximum atomic E-state index is 10.6. The molecule has 0 unspecified atom stereocenters. The Kier molecular flexibility index (Phi) is 4.59. The lowest BCUT2D eigenvalue weighted by molar-refractivity contribution is -0.146. The molecule has 0 fully saturated rings. The van der Waals surface area contributed by atoms with Gasteiger partial charge in [0.1, 0.15) is 0 Å². The van der Waals surface area contributed by atoms with Gasteiger partial charge >= 0.3 is 5.97 Å². The second-order valence-corrected chi connectivity index (χ2v) is 3.20. The molecule has 0 radical (unpaired) electrons. The molecule has 0 saturated carbocycles. The van der Waals surface area contributed by atoms with Crippen LogP contribution in [0.3, 0.4) is 0 Å². The number of aliphatic carboxylic acids is 1. The van der Waals surface area contributed by atoms with Crippen LogP contribution in [0.25, 0.3) is 0 Å². The summed E-state index contributed by atoms with van der Waals surface area (Å²) in [6.07, 6.45) is 1.04.